The average molecular weight is 494 g/mol. The second-order valence-electron chi connectivity index (χ2n) is 7.53. The maximum absolute atomic E-state index is 13.4. The first-order chi connectivity index (χ1) is 16.1. The van der Waals surface area contributed by atoms with Gasteiger partial charge in [0, 0.05) is 22.7 Å². The zero-order valence-corrected chi connectivity index (χ0v) is 19.2. The van der Waals surface area contributed by atoms with Crippen LogP contribution in [0.1, 0.15) is 46.9 Å². The minimum absolute atomic E-state index is 0.0662. The van der Waals surface area contributed by atoms with E-state index in [4.69, 9.17) is 21.1 Å². The molecule has 0 amide bonds. The zero-order chi connectivity index (χ0) is 24.9. The van der Waals surface area contributed by atoms with E-state index in [9.17, 15) is 23.1 Å². The third-order valence-electron chi connectivity index (χ3n) is 5.26. The van der Waals surface area contributed by atoms with E-state index in [0.717, 1.165) is 0 Å². The molecule has 1 heterocycles. The molecule has 0 spiro atoms. The molecule has 34 heavy (non-hydrogen) atoms. The number of aliphatic hydroxyl groups excluding tert-OH is 1. The summed E-state index contributed by atoms with van der Waals surface area (Å²) in [5, 5.41) is 11.1. The number of nitrogens with zero attached hydrogens (tertiary/aromatic N) is 1. The molecule has 9 heteroatoms. The van der Waals surface area contributed by atoms with E-state index in [1.807, 2.05) is 0 Å². The minimum Gasteiger partial charge on any atom is -0.497 e. The van der Waals surface area contributed by atoms with Gasteiger partial charge in [-0.05, 0) is 54.4 Å². The average Bonchev–Trinajstić information content (AvgIpc) is 2.82. The van der Waals surface area contributed by atoms with Gasteiger partial charge in [-0.15, -0.1) is 0 Å². The van der Waals surface area contributed by atoms with Crippen LogP contribution >= 0.6 is 11.6 Å². The highest BCUT2D eigenvalue weighted by Crippen LogP contribution is 2.43. The number of hydrogen-bond acceptors (Lipinski definition) is 5. The Bertz CT molecular complexity index is 1140. The molecule has 2 unspecified atom stereocenters. The van der Waals surface area contributed by atoms with Crippen molar-refractivity contribution in [1.29, 1.82) is 0 Å². The highest BCUT2D eigenvalue weighted by Gasteiger charge is 2.37. The molecular weight excluding hydrogens is 471 g/mol. The zero-order valence-electron chi connectivity index (χ0n) is 18.5. The Hall–Kier alpha value is -3.10. The summed E-state index contributed by atoms with van der Waals surface area (Å²) in [6, 6.07) is 13.8. The highest BCUT2D eigenvalue weighted by molar-refractivity contribution is 6.31. The van der Waals surface area contributed by atoms with E-state index in [1.54, 1.807) is 31.2 Å². The van der Waals surface area contributed by atoms with Gasteiger partial charge in [0.1, 0.15) is 5.75 Å². The molecule has 2 aromatic carbocycles. The Labute approximate surface area is 200 Å². The molecule has 180 valence electrons. The summed E-state index contributed by atoms with van der Waals surface area (Å²) in [7, 11) is 1.42. The lowest BCUT2D eigenvalue weighted by atomic mass is 9.86. The molecular formula is C25H23ClF3NO4. The van der Waals surface area contributed by atoms with Crippen molar-refractivity contribution in [1.82, 2.24) is 4.98 Å². The summed E-state index contributed by atoms with van der Waals surface area (Å²) in [5.74, 6) is -1.41. The number of methoxy groups -OCH3 is 1. The molecule has 1 aromatic heterocycles. The van der Waals surface area contributed by atoms with Crippen molar-refractivity contribution in [2.24, 2.45) is 0 Å². The van der Waals surface area contributed by atoms with Crippen molar-refractivity contribution in [3.05, 3.63) is 82.5 Å². The van der Waals surface area contributed by atoms with Gasteiger partial charge in [-0.1, -0.05) is 29.8 Å². The van der Waals surface area contributed by atoms with Crippen LogP contribution in [0.15, 0.2) is 60.8 Å². The molecule has 2 atom stereocenters. The van der Waals surface area contributed by atoms with Crippen molar-refractivity contribution in [2.45, 2.75) is 31.5 Å². The number of ether oxygens (including phenoxy) is 2. The fraction of sp³-hybridized carbons (Fsp3) is 0.280. The quantitative estimate of drug-likeness (QED) is 0.370. The van der Waals surface area contributed by atoms with Crippen molar-refractivity contribution in [2.75, 3.05) is 13.7 Å². The number of benzene rings is 2. The Morgan fingerprint density at radius 2 is 1.82 bits per heavy atom. The van der Waals surface area contributed by atoms with Crippen LogP contribution in [0.4, 0.5) is 13.2 Å². The van der Waals surface area contributed by atoms with Crippen LogP contribution in [0.25, 0.3) is 11.3 Å². The second kappa shape index (κ2) is 10.9. The van der Waals surface area contributed by atoms with Gasteiger partial charge in [0.15, 0.2) is 0 Å². The predicted molar refractivity (Wildman–Crippen MR) is 122 cm³/mol. The van der Waals surface area contributed by atoms with Gasteiger partial charge in [0.2, 0.25) is 0 Å². The van der Waals surface area contributed by atoms with Crippen LogP contribution in [0.3, 0.4) is 0 Å². The number of alkyl halides is 3. The number of pyridine rings is 1. The lowest BCUT2D eigenvalue weighted by molar-refractivity contribution is -0.144. The molecule has 0 aliphatic carbocycles. The van der Waals surface area contributed by atoms with E-state index in [2.05, 4.69) is 4.98 Å². The third-order valence-corrected chi connectivity index (χ3v) is 5.58. The summed E-state index contributed by atoms with van der Waals surface area (Å²) < 4.78 is 50.3. The summed E-state index contributed by atoms with van der Waals surface area (Å²) >= 11 is 6.24. The first-order valence-electron chi connectivity index (χ1n) is 10.4. The van der Waals surface area contributed by atoms with Crippen LogP contribution in [0, 0.1) is 0 Å². The topological polar surface area (TPSA) is 68.7 Å². The Morgan fingerprint density at radius 3 is 2.41 bits per heavy atom. The Balaban J connectivity index is 1.94. The molecule has 0 aliphatic heterocycles. The van der Waals surface area contributed by atoms with Gasteiger partial charge in [-0.3, -0.25) is 4.98 Å². The normalized spacial score (nSPS) is 13.3. The number of aromatic nitrogens is 1. The first kappa shape index (κ1) is 25.5. The van der Waals surface area contributed by atoms with Crippen LogP contribution in [-0.4, -0.2) is 36.0 Å². The number of aliphatic hydroxyl groups is 1. The fourth-order valence-corrected chi connectivity index (χ4v) is 3.90. The van der Waals surface area contributed by atoms with E-state index < -0.39 is 30.6 Å². The third kappa shape index (κ3) is 6.27. The van der Waals surface area contributed by atoms with Crippen LogP contribution in [0.2, 0.25) is 5.02 Å². The maximum Gasteiger partial charge on any atom is 0.389 e. The van der Waals surface area contributed by atoms with Crippen molar-refractivity contribution >= 4 is 17.6 Å². The van der Waals surface area contributed by atoms with Gasteiger partial charge < -0.3 is 14.6 Å². The molecule has 0 radical (unpaired) electrons. The number of carbonyl (C=O) groups is 1. The molecule has 0 aliphatic rings. The van der Waals surface area contributed by atoms with Gasteiger partial charge in [0.25, 0.3) is 0 Å². The van der Waals surface area contributed by atoms with E-state index >= 15 is 0 Å². The Kier molecular flexibility index (Phi) is 8.17. The minimum atomic E-state index is -4.53. The van der Waals surface area contributed by atoms with Crippen LogP contribution < -0.4 is 4.74 Å². The van der Waals surface area contributed by atoms with Crippen LogP contribution in [0.5, 0.6) is 5.75 Å². The molecule has 0 fully saturated rings. The lowest BCUT2D eigenvalue weighted by Gasteiger charge is -2.26. The highest BCUT2D eigenvalue weighted by atomic mass is 35.5. The monoisotopic (exact) mass is 493 g/mol. The molecule has 1 N–H and O–H groups in total. The van der Waals surface area contributed by atoms with Gasteiger partial charge in [-0.25, -0.2) is 4.79 Å². The number of halogens is 4. The summed E-state index contributed by atoms with van der Waals surface area (Å²) in [4.78, 5) is 16.1. The Morgan fingerprint density at radius 1 is 1.12 bits per heavy atom. The number of carbonyl (C=O) groups excluding carboxylic acids is 1. The molecule has 0 saturated heterocycles. The molecule has 3 aromatic rings. The van der Waals surface area contributed by atoms with E-state index in [-0.39, 0.29) is 22.8 Å². The lowest BCUT2D eigenvalue weighted by Crippen LogP contribution is -2.20. The van der Waals surface area contributed by atoms with Gasteiger partial charge in [0.05, 0.1) is 37.5 Å². The largest absolute Gasteiger partial charge is 0.497 e. The molecule has 0 bridgehead atoms. The smallest absolute Gasteiger partial charge is 0.389 e. The number of hydrogen-bond donors (Lipinski definition) is 1. The summed E-state index contributed by atoms with van der Waals surface area (Å²) in [6.07, 6.45) is -5.90. The van der Waals surface area contributed by atoms with Gasteiger partial charge in [-0.2, -0.15) is 13.2 Å². The summed E-state index contributed by atoms with van der Waals surface area (Å²) in [5.41, 5.74) is 1.82. The second-order valence-corrected chi connectivity index (χ2v) is 7.94. The van der Waals surface area contributed by atoms with Crippen molar-refractivity contribution in [3.8, 4) is 17.0 Å². The predicted octanol–water partition coefficient (Wildman–Crippen LogP) is 6.36. The molecule has 3 rings (SSSR count). The molecule has 0 saturated carbocycles. The van der Waals surface area contributed by atoms with E-state index in [0.29, 0.717) is 22.6 Å². The number of esters is 1. The van der Waals surface area contributed by atoms with Gasteiger partial charge >= 0.3 is 12.1 Å². The van der Waals surface area contributed by atoms with Crippen molar-refractivity contribution < 1.29 is 32.5 Å². The first-order valence-corrected chi connectivity index (χ1v) is 10.8. The van der Waals surface area contributed by atoms with Crippen LogP contribution in [-0.2, 0) is 4.74 Å². The SMILES string of the molecule is CCOC(=O)c1ccc(-c2cc(C(O)C(CC(F)(F)F)c3ccc(OC)cc3Cl)ccn2)cc1. The summed E-state index contributed by atoms with van der Waals surface area (Å²) in [6.45, 7) is 1.96. The van der Waals surface area contributed by atoms with E-state index in [1.165, 1.54) is 43.6 Å². The molecule has 5 nitrogen and oxygen atoms in total. The van der Waals surface area contributed by atoms with Crippen molar-refractivity contribution in [3.63, 3.8) is 0 Å². The number of rotatable bonds is 8. The standard InChI is InChI=1S/C25H23ClF3NO4/c1-3-34-24(32)16-6-4-15(5-7-16)22-12-17(10-11-30-22)23(31)20(14-25(27,28)29)19-9-8-18(33-2)13-21(19)26/h4-13,20,23,31H,3,14H2,1-2H3. The fourth-order valence-electron chi connectivity index (χ4n) is 3.59. The maximum atomic E-state index is 13.4.